The lowest BCUT2D eigenvalue weighted by Crippen LogP contribution is -2.57. The molecule has 0 bridgehead atoms. The Morgan fingerprint density at radius 3 is 2.85 bits per heavy atom. The van der Waals surface area contributed by atoms with Crippen LogP contribution in [0.1, 0.15) is 25.8 Å². The van der Waals surface area contributed by atoms with Crippen molar-refractivity contribution in [2.24, 2.45) is 7.05 Å². The zero-order valence-corrected chi connectivity index (χ0v) is 23.3. The van der Waals surface area contributed by atoms with Gasteiger partial charge in [0.05, 0.1) is 30.6 Å². The van der Waals surface area contributed by atoms with Crippen LogP contribution in [-0.2, 0) is 11.8 Å². The average molecular weight is 533 g/mol. The summed E-state index contributed by atoms with van der Waals surface area (Å²) >= 11 is 0. The third kappa shape index (κ3) is 5.30. The van der Waals surface area contributed by atoms with Crippen LogP contribution < -0.4 is 15.4 Å². The average Bonchev–Trinajstić information content (AvgIpc) is 3.50. The van der Waals surface area contributed by atoms with Gasteiger partial charge in [-0.1, -0.05) is 6.92 Å². The number of aromatic nitrogens is 6. The van der Waals surface area contributed by atoms with E-state index in [2.05, 4.69) is 61.4 Å². The molecule has 206 valence electrons. The second-order valence-electron chi connectivity index (χ2n) is 10.1. The van der Waals surface area contributed by atoms with Gasteiger partial charge in [0, 0.05) is 62.3 Å². The first kappa shape index (κ1) is 26.6. The Balaban J connectivity index is 1.42. The normalized spacial score (nSPS) is 17.3. The van der Waals surface area contributed by atoms with Crippen LogP contribution in [0, 0.1) is 6.92 Å². The predicted octanol–water partition coefficient (Wildman–Crippen LogP) is 3.17. The molecule has 12 nitrogen and oxygen atoms in total. The quantitative estimate of drug-likeness (QED) is 0.313. The highest BCUT2D eigenvalue weighted by atomic mass is 16.5. The number of H-pyrrole nitrogens is 1. The Morgan fingerprint density at radius 2 is 2.10 bits per heavy atom. The van der Waals surface area contributed by atoms with E-state index in [1.165, 1.54) is 0 Å². The third-order valence-corrected chi connectivity index (χ3v) is 7.28. The van der Waals surface area contributed by atoms with E-state index in [1.807, 2.05) is 26.2 Å². The van der Waals surface area contributed by atoms with Gasteiger partial charge in [0.25, 0.3) is 5.88 Å². The van der Waals surface area contributed by atoms with Gasteiger partial charge in [0.1, 0.15) is 5.69 Å². The summed E-state index contributed by atoms with van der Waals surface area (Å²) in [5.74, 6) is 1.35. The third-order valence-electron chi connectivity index (χ3n) is 7.28. The molecule has 12 heteroatoms. The second-order valence-corrected chi connectivity index (χ2v) is 10.1. The molecule has 1 aliphatic rings. The number of ether oxygens (including phenoxy) is 1. The summed E-state index contributed by atoms with van der Waals surface area (Å²) in [5.41, 5.74) is 4.00. The molecule has 0 aromatic carbocycles. The minimum Gasteiger partial charge on any atom is -0.478 e. The molecule has 4 aromatic rings. The maximum absolute atomic E-state index is 13.5. The maximum Gasteiger partial charge on any atom is 0.256 e. The molecule has 39 heavy (non-hydrogen) atoms. The van der Waals surface area contributed by atoms with Gasteiger partial charge < -0.3 is 25.3 Å². The molecule has 1 amide bonds. The summed E-state index contributed by atoms with van der Waals surface area (Å²) in [7, 11) is 5.51. The number of carbonyl (C=O) groups is 1. The van der Waals surface area contributed by atoms with Crippen LogP contribution >= 0.6 is 0 Å². The second kappa shape index (κ2) is 11.0. The number of methoxy groups -OCH3 is 1. The van der Waals surface area contributed by atoms with Crippen molar-refractivity contribution in [2.45, 2.75) is 39.3 Å². The molecule has 1 fully saturated rings. The fourth-order valence-corrected chi connectivity index (χ4v) is 5.33. The topological polar surface area (TPSA) is 129 Å². The molecule has 4 aromatic heterocycles. The van der Waals surface area contributed by atoms with E-state index < -0.39 is 0 Å². The molecule has 2 atom stereocenters. The number of rotatable bonds is 8. The molecule has 2 unspecified atom stereocenters. The molecule has 5 heterocycles. The summed E-state index contributed by atoms with van der Waals surface area (Å²) in [6.45, 7) is 8.96. The predicted molar refractivity (Wildman–Crippen MR) is 151 cm³/mol. The highest BCUT2D eigenvalue weighted by Crippen LogP contribution is 2.33. The van der Waals surface area contributed by atoms with Gasteiger partial charge >= 0.3 is 0 Å². The van der Waals surface area contributed by atoms with Crippen LogP contribution in [0.4, 0.5) is 17.5 Å². The van der Waals surface area contributed by atoms with Crippen molar-refractivity contribution in [3.05, 3.63) is 36.4 Å². The molecule has 5 rings (SSSR count). The molecule has 1 aliphatic heterocycles. The first-order chi connectivity index (χ1) is 18.8. The number of aryl methyl sites for hydroxylation is 2. The number of fused-ring (bicyclic) bond motifs is 1. The van der Waals surface area contributed by atoms with E-state index in [0.717, 1.165) is 53.8 Å². The Labute approximate surface area is 227 Å². The first-order valence-electron chi connectivity index (χ1n) is 13.2. The summed E-state index contributed by atoms with van der Waals surface area (Å²) in [6.07, 6.45) is 7.92. The van der Waals surface area contributed by atoms with Crippen molar-refractivity contribution in [1.29, 1.82) is 0 Å². The Morgan fingerprint density at radius 1 is 1.28 bits per heavy atom. The van der Waals surface area contributed by atoms with Crippen LogP contribution in [0.25, 0.3) is 22.2 Å². The van der Waals surface area contributed by atoms with Crippen LogP contribution in [0.2, 0.25) is 0 Å². The number of aromatic amines is 1. The van der Waals surface area contributed by atoms with Crippen LogP contribution in [0.15, 0.2) is 30.9 Å². The Hall–Kier alpha value is -4.03. The minimum absolute atomic E-state index is 0.0415. The van der Waals surface area contributed by atoms with Crippen molar-refractivity contribution < 1.29 is 9.53 Å². The van der Waals surface area contributed by atoms with Gasteiger partial charge in [0.15, 0.2) is 5.82 Å². The Bertz CT molecular complexity index is 1480. The van der Waals surface area contributed by atoms with Crippen molar-refractivity contribution in [2.75, 3.05) is 44.4 Å². The summed E-state index contributed by atoms with van der Waals surface area (Å²) < 4.78 is 7.00. The number of hydrogen-bond donors (Lipinski definition) is 3. The monoisotopic (exact) mass is 532 g/mol. The zero-order valence-electron chi connectivity index (χ0n) is 23.3. The number of carbonyl (C=O) groups excluding carboxylic acids is 1. The van der Waals surface area contributed by atoms with Crippen LogP contribution in [0.3, 0.4) is 0 Å². The van der Waals surface area contributed by atoms with Crippen molar-refractivity contribution >= 4 is 34.3 Å². The van der Waals surface area contributed by atoms with Gasteiger partial charge in [-0.2, -0.15) is 0 Å². The smallest absolute Gasteiger partial charge is 0.256 e. The van der Waals surface area contributed by atoms with Gasteiger partial charge in [-0.15, -0.1) is 5.10 Å². The molecule has 0 radical (unpaired) electrons. The van der Waals surface area contributed by atoms with Crippen molar-refractivity contribution in [1.82, 2.24) is 39.5 Å². The molecular weight excluding hydrogens is 496 g/mol. The lowest BCUT2D eigenvalue weighted by Gasteiger charge is -2.41. The molecule has 0 aliphatic carbocycles. The lowest BCUT2D eigenvalue weighted by atomic mass is 10.1. The van der Waals surface area contributed by atoms with E-state index in [1.54, 1.807) is 30.4 Å². The van der Waals surface area contributed by atoms with Crippen LogP contribution in [0.5, 0.6) is 5.88 Å². The van der Waals surface area contributed by atoms with Gasteiger partial charge in [-0.05, 0) is 38.9 Å². The van der Waals surface area contributed by atoms with E-state index >= 15 is 0 Å². The summed E-state index contributed by atoms with van der Waals surface area (Å²) in [4.78, 5) is 35.1. The highest BCUT2D eigenvalue weighted by Gasteiger charge is 2.32. The van der Waals surface area contributed by atoms with Gasteiger partial charge in [-0.3, -0.25) is 14.4 Å². The van der Waals surface area contributed by atoms with Gasteiger partial charge in [-0.25, -0.2) is 15.0 Å². The number of hydrogen-bond acceptors (Lipinski definition) is 9. The standard InChI is InChI=1S/C27H36N10O2/c1-7-21(37-11-10-35(4)14-17(37)3)25(38)33-24-23-18(8-9-28-24)19(13-29-23)22-16(2)12-30-27(32-22)31-20-15-36(5)34-26(20)39-6/h8-9,12-13,15,17,21,29H,7,10-11,14H2,1-6H3,(H,28,33,38)(H,30,31,32). The van der Waals surface area contributed by atoms with E-state index in [4.69, 9.17) is 9.72 Å². The number of likely N-dealkylation sites (N-methyl/N-ethyl adjacent to an activating group) is 1. The number of piperazine rings is 1. The zero-order chi connectivity index (χ0) is 27.7. The SMILES string of the molecule is CCC(C(=O)Nc1nccc2c(-c3nc(Nc4cn(C)nc4OC)ncc3C)c[nH]c12)N1CCN(C)CC1C. The number of nitrogens with zero attached hydrogens (tertiary/aromatic N) is 7. The number of nitrogens with one attached hydrogen (secondary N) is 3. The van der Waals surface area contributed by atoms with E-state index in [9.17, 15) is 4.79 Å². The molecule has 1 saturated heterocycles. The lowest BCUT2D eigenvalue weighted by molar-refractivity contribution is -0.123. The van der Waals surface area contributed by atoms with Crippen molar-refractivity contribution in [3.8, 4) is 17.1 Å². The summed E-state index contributed by atoms with van der Waals surface area (Å²) in [6, 6.07) is 2.01. The molecule has 3 N–H and O–H groups in total. The fourth-order valence-electron chi connectivity index (χ4n) is 5.33. The number of pyridine rings is 1. The fraction of sp³-hybridized carbons (Fsp3) is 0.444. The molecule has 0 spiro atoms. The molecular formula is C27H36N10O2. The molecule has 0 saturated carbocycles. The Kier molecular flexibility index (Phi) is 7.49. The largest absolute Gasteiger partial charge is 0.478 e. The van der Waals surface area contributed by atoms with E-state index in [-0.39, 0.29) is 11.9 Å². The number of amides is 1. The van der Waals surface area contributed by atoms with Crippen LogP contribution in [-0.4, -0.2) is 91.3 Å². The minimum atomic E-state index is -0.220. The summed E-state index contributed by atoms with van der Waals surface area (Å²) in [5, 5.41) is 11.5. The highest BCUT2D eigenvalue weighted by molar-refractivity contribution is 6.05. The maximum atomic E-state index is 13.5. The van der Waals surface area contributed by atoms with E-state index in [0.29, 0.717) is 29.4 Å². The van der Waals surface area contributed by atoms with Gasteiger partial charge in [0.2, 0.25) is 11.9 Å². The first-order valence-corrected chi connectivity index (χ1v) is 13.2. The number of anilines is 3. The van der Waals surface area contributed by atoms with Crippen molar-refractivity contribution in [3.63, 3.8) is 0 Å².